The molecule has 2 amide bonds. The summed E-state index contributed by atoms with van der Waals surface area (Å²) in [6, 6.07) is 8.37. The van der Waals surface area contributed by atoms with Crippen LogP contribution in [-0.2, 0) is 6.54 Å². The van der Waals surface area contributed by atoms with Gasteiger partial charge in [0.1, 0.15) is 6.17 Å². The molecular weight excluding hydrogens is 302 g/mol. The summed E-state index contributed by atoms with van der Waals surface area (Å²) in [6.07, 6.45) is 7.91. The van der Waals surface area contributed by atoms with Gasteiger partial charge in [0.05, 0.1) is 5.69 Å². The number of benzene rings is 1. The average Bonchev–Trinajstić information content (AvgIpc) is 3.02. The first-order chi connectivity index (χ1) is 11.7. The smallest absolute Gasteiger partial charge is 0.327 e. The molecule has 0 spiro atoms. The number of hydrogen-bond acceptors (Lipinski definition) is 4. The number of rotatable bonds is 3. The quantitative estimate of drug-likeness (QED) is 0.787. The summed E-state index contributed by atoms with van der Waals surface area (Å²) in [7, 11) is 0. The second-order valence-electron chi connectivity index (χ2n) is 6.69. The van der Waals surface area contributed by atoms with Gasteiger partial charge in [0.25, 0.3) is 0 Å². The summed E-state index contributed by atoms with van der Waals surface area (Å²) in [4.78, 5) is 16.3. The summed E-state index contributed by atoms with van der Waals surface area (Å²) in [5, 5.41) is 6.03. The normalized spacial score (nSPS) is 26.6. The third kappa shape index (κ3) is 3.02. The molecule has 0 saturated carbocycles. The molecule has 3 aliphatic rings. The number of nitrogens with one attached hydrogen (secondary N) is 2. The minimum Gasteiger partial charge on any atom is -0.368 e. The van der Waals surface area contributed by atoms with E-state index in [4.69, 9.17) is 5.73 Å². The van der Waals surface area contributed by atoms with Crippen molar-refractivity contribution in [2.45, 2.75) is 31.6 Å². The maximum absolute atomic E-state index is 12.3. The third-order valence-electron chi connectivity index (χ3n) is 4.80. The molecule has 0 bridgehead atoms. The van der Waals surface area contributed by atoms with Crippen molar-refractivity contribution in [2.75, 3.05) is 18.0 Å². The monoisotopic (exact) mass is 325 g/mol. The van der Waals surface area contributed by atoms with E-state index in [0.29, 0.717) is 6.04 Å². The van der Waals surface area contributed by atoms with E-state index in [1.54, 1.807) is 4.90 Å². The van der Waals surface area contributed by atoms with Gasteiger partial charge in [0.15, 0.2) is 0 Å². The van der Waals surface area contributed by atoms with Crippen LogP contribution in [0.5, 0.6) is 0 Å². The standard InChI is InChI=1S/C18H23N5O/c19-15-2-1-9-22(12-15)10-13-3-5-16(6-4-13)23-11-14-7-8-20-17(14)21-18(23)24/h3-8,11,15,17,20H,1-2,9-10,12,19H2,(H,21,24)/t15-,17?/m0/s1. The van der Waals surface area contributed by atoms with Gasteiger partial charge in [-0.15, -0.1) is 0 Å². The highest BCUT2D eigenvalue weighted by molar-refractivity contribution is 5.95. The molecule has 6 nitrogen and oxygen atoms in total. The number of anilines is 1. The molecule has 1 aromatic carbocycles. The SMILES string of the molecule is N[C@H]1CCCN(Cc2ccc(N3C=C4C=CNC4NC3=O)cc2)C1. The summed E-state index contributed by atoms with van der Waals surface area (Å²) >= 11 is 0. The lowest BCUT2D eigenvalue weighted by Crippen LogP contribution is -2.51. The van der Waals surface area contributed by atoms with E-state index < -0.39 is 0 Å². The van der Waals surface area contributed by atoms with Crippen LogP contribution in [0.4, 0.5) is 10.5 Å². The van der Waals surface area contributed by atoms with Crippen LogP contribution in [0.3, 0.4) is 0 Å². The van der Waals surface area contributed by atoms with Crippen LogP contribution in [0.1, 0.15) is 18.4 Å². The lowest BCUT2D eigenvalue weighted by Gasteiger charge is -2.31. The molecule has 4 rings (SSSR count). The van der Waals surface area contributed by atoms with E-state index >= 15 is 0 Å². The number of hydrogen-bond donors (Lipinski definition) is 3. The number of amides is 2. The second-order valence-corrected chi connectivity index (χ2v) is 6.69. The number of piperidine rings is 1. The maximum atomic E-state index is 12.3. The van der Waals surface area contributed by atoms with Crippen molar-refractivity contribution in [3.05, 3.63) is 53.9 Å². The summed E-state index contributed by atoms with van der Waals surface area (Å²) in [6.45, 7) is 2.98. The van der Waals surface area contributed by atoms with Crippen molar-refractivity contribution in [1.82, 2.24) is 15.5 Å². The first-order valence-corrected chi connectivity index (χ1v) is 8.50. The summed E-state index contributed by atoms with van der Waals surface area (Å²) < 4.78 is 0. The molecule has 6 heteroatoms. The number of urea groups is 1. The molecule has 24 heavy (non-hydrogen) atoms. The zero-order valence-corrected chi connectivity index (χ0v) is 13.6. The van der Waals surface area contributed by atoms with Crippen molar-refractivity contribution in [2.24, 2.45) is 5.73 Å². The van der Waals surface area contributed by atoms with Gasteiger partial charge >= 0.3 is 6.03 Å². The van der Waals surface area contributed by atoms with Gasteiger partial charge in [-0.2, -0.15) is 0 Å². The molecule has 4 N–H and O–H groups in total. The first kappa shape index (κ1) is 15.2. The van der Waals surface area contributed by atoms with E-state index in [2.05, 4.69) is 27.7 Å². The van der Waals surface area contributed by atoms with Gasteiger partial charge in [-0.1, -0.05) is 12.1 Å². The molecule has 1 fully saturated rings. The van der Waals surface area contributed by atoms with E-state index in [1.807, 2.05) is 30.6 Å². The van der Waals surface area contributed by atoms with Crippen molar-refractivity contribution >= 4 is 11.7 Å². The van der Waals surface area contributed by atoms with Crippen molar-refractivity contribution in [3.8, 4) is 0 Å². The van der Waals surface area contributed by atoms with E-state index in [1.165, 1.54) is 12.0 Å². The van der Waals surface area contributed by atoms with Gasteiger partial charge in [-0.05, 0) is 49.4 Å². The Balaban J connectivity index is 1.46. The molecule has 2 atom stereocenters. The predicted molar refractivity (Wildman–Crippen MR) is 94.1 cm³/mol. The number of nitrogens with two attached hydrogens (primary N) is 1. The topological polar surface area (TPSA) is 73.6 Å². The van der Waals surface area contributed by atoms with Gasteiger partial charge in [-0.25, -0.2) is 4.79 Å². The van der Waals surface area contributed by atoms with Gasteiger partial charge in [-0.3, -0.25) is 9.80 Å². The molecule has 1 aromatic rings. The van der Waals surface area contributed by atoms with E-state index in [0.717, 1.165) is 37.3 Å². The van der Waals surface area contributed by atoms with Crippen molar-refractivity contribution in [3.63, 3.8) is 0 Å². The van der Waals surface area contributed by atoms with Crippen LogP contribution in [-0.4, -0.2) is 36.2 Å². The Bertz CT molecular complexity index is 681. The highest BCUT2D eigenvalue weighted by Crippen LogP contribution is 2.23. The zero-order valence-electron chi connectivity index (χ0n) is 13.6. The Hall–Kier alpha value is -2.31. The van der Waals surface area contributed by atoms with Crippen LogP contribution in [0.2, 0.25) is 0 Å². The lowest BCUT2D eigenvalue weighted by atomic mass is 10.1. The lowest BCUT2D eigenvalue weighted by molar-refractivity contribution is 0.201. The predicted octanol–water partition coefficient (Wildman–Crippen LogP) is 1.47. The third-order valence-corrected chi connectivity index (χ3v) is 4.80. The minimum atomic E-state index is -0.116. The number of fused-ring (bicyclic) bond motifs is 1. The fourth-order valence-corrected chi connectivity index (χ4v) is 3.52. The zero-order chi connectivity index (χ0) is 16.5. The highest BCUT2D eigenvalue weighted by Gasteiger charge is 2.27. The fourth-order valence-electron chi connectivity index (χ4n) is 3.52. The Morgan fingerprint density at radius 3 is 2.88 bits per heavy atom. The molecule has 0 radical (unpaired) electrons. The van der Waals surface area contributed by atoms with Crippen LogP contribution >= 0.6 is 0 Å². The maximum Gasteiger partial charge on any atom is 0.327 e. The van der Waals surface area contributed by atoms with E-state index in [-0.39, 0.29) is 12.2 Å². The van der Waals surface area contributed by atoms with Gasteiger partial charge < -0.3 is 16.4 Å². The van der Waals surface area contributed by atoms with Crippen LogP contribution in [0, 0.1) is 0 Å². The Morgan fingerprint density at radius 2 is 2.08 bits per heavy atom. The molecule has 0 aliphatic carbocycles. The van der Waals surface area contributed by atoms with Gasteiger partial charge in [0, 0.05) is 30.9 Å². The largest absolute Gasteiger partial charge is 0.368 e. The van der Waals surface area contributed by atoms with Crippen LogP contribution < -0.4 is 21.3 Å². The first-order valence-electron chi connectivity index (χ1n) is 8.50. The summed E-state index contributed by atoms with van der Waals surface area (Å²) in [5.41, 5.74) is 9.23. The number of carbonyl (C=O) groups excluding carboxylic acids is 1. The minimum absolute atomic E-state index is 0.101. The average molecular weight is 325 g/mol. The number of likely N-dealkylation sites (tertiary alicyclic amines) is 1. The second kappa shape index (κ2) is 6.30. The van der Waals surface area contributed by atoms with Crippen molar-refractivity contribution < 1.29 is 4.79 Å². The van der Waals surface area contributed by atoms with E-state index in [9.17, 15) is 4.79 Å². The number of nitrogens with zero attached hydrogens (tertiary/aromatic N) is 2. The van der Waals surface area contributed by atoms with Crippen LogP contribution in [0.15, 0.2) is 48.3 Å². The highest BCUT2D eigenvalue weighted by atomic mass is 16.2. The molecule has 3 heterocycles. The Morgan fingerprint density at radius 1 is 1.25 bits per heavy atom. The molecule has 1 unspecified atom stereocenters. The fraction of sp³-hybridized carbons (Fsp3) is 0.389. The Kier molecular flexibility index (Phi) is 4.00. The molecule has 3 aliphatic heterocycles. The molecule has 126 valence electrons. The van der Waals surface area contributed by atoms with Crippen molar-refractivity contribution in [1.29, 1.82) is 0 Å². The van der Waals surface area contributed by atoms with Crippen LogP contribution in [0.25, 0.3) is 0 Å². The summed E-state index contributed by atoms with van der Waals surface area (Å²) in [5.74, 6) is 0. The molecule has 1 saturated heterocycles. The number of carbonyl (C=O) groups is 1. The molecule has 0 aromatic heterocycles. The Labute approximate surface area is 142 Å². The molecular formula is C18H23N5O. The van der Waals surface area contributed by atoms with Gasteiger partial charge in [0.2, 0.25) is 0 Å².